The van der Waals surface area contributed by atoms with Crippen LogP contribution < -0.4 is 4.87 Å². The highest BCUT2D eigenvalue weighted by molar-refractivity contribution is 7.07. The topological polar surface area (TPSA) is 59.3 Å². The van der Waals surface area contributed by atoms with Gasteiger partial charge in [-0.15, -0.1) is 0 Å². The highest BCUT2D eigenvalue weighted by Gasteiger charge is 2.05. The van der Waals surface area contributed by atoms with Crippen LogP contribution in [0.2, 0.25) is 0 Å². The van der Waals surface area contributed by atoms with E-state index >= 15 is 0 Å². The molecule has 1 aromatic carbocycles. The number of hydrogen-bond donors (Lipinski definition) is 1. The first kappa shape index (κ1) is 13.2. The SMILES string of the molecule is O=C(O)/C=C/c1ccc(Cn2ccsc2=O)c(F)c1. The first-order chi connectivity index (χ1) is 9.06. The summed E-state index contributed by atoms with van der Waals surface area (Å²) in [6, 6.07) is 4.39. The van der Waals surface area contributed by atoms with E-state index in [-0.39, 0.29) is 11.4 Å². The number of aliphatic carboxylic acids is 1. The molecule has 0 fully saturated rings. The molecule has 2 rings (SSSR count). The number of nitrogens with zero attached hydrogens (tertiary/aromatic N) is 1. The minimum Gasteiger partial charge on any atom is -0.478 e. The quantitative estimate of drug-likeness (QED) is 0.873. The monoisotopic (exact) mass is 279 g/mol. The predicted octanol–water partition coefficient (Wildman–Crippen LogP) is 2.20. The standard InChI is InChI=1S/C13H10FNO3S/c14-11-7-9(2-4-12(16)17)1-3-10(11)8-15-5-6-19-13(15)18/h1-7H,8H2,(H,16,17)/b4-2+. The number of carboxylic acids is 1. The van der Waals surface area contributed by atoms with Gasteiger partial charge in [-0.1, -0.05) is 23.5 Å². The van der Waals surface area contributed by atoms with E-state index in [1.54, 1.807) is 23.7 Å². The average molecular weight is 279 g/mol. The van der Waals surface area contributed by atoms with Gasteiger partial charge in [-0.2, -0.15) is 0 Å². The fourth-order valence-electron chi connectivity index (χ4n) is 1.55. The number of aromatic nitrogens is 1. The van der Waals surface area contributed by atoms with Crippen molar-refractivity contribution in [3.8, 4) is 0 Å². The lowest BCUT2D eigenvalue weighted by Gasteiger charge is -2.04. The van der Waals surface area contributed by atoms with Gasteiger partial charge < -0.3 is 9.67 Å². The van der Waals surface area contributed by atoms with Crippen LogP contribution in [0.5, 0.6) is 0 Å². The van der Waals surface area contributed by atoms with Crippen molar-refractivity contribution in [2.75, 3.05) is 0 Å². The van der Waals surface area contributed by atoms with Crippen LogP contribution in [-0.4, -0.2) is 15.6 Å². The Kier molecular flexibility index (Phi) is 3.91. The van der Waals surface area contributed by atoms with Crippen molar-refractivity contribution >= 4 is 23.4 Å². The molecular weight excluding hydrogens is 269 g/mol. The number of rotatable bonds is 4. The normalized spacial score (nSPS) is 11.0. The molecule has 0 bridgehead atoms. The van der Waals surface area contributed by atoms with E-state index in [0.717, 1.165) is 17.4 Å². The Morgan fingerprint density at radius 1 is 1.47 bits per heavy atom. The van der Waals surface area contributed by atoms with Gasteiger partial charge >= 0.3 is 10.8 Å². The minimum atomic E-state index is -1.09. The third-order valence-corrected chi connectivity index (χ3v) is 3.17. The molecule has 0 aliphatic carbocycles. The van der Waals surface area contributed by atoms with E-state index in [9.17, 15) is 14.0 Å². The maximum Gasteiger partial charge on any atom is 0.328 e. The Balaban J connectivity index is 2.22. The number of carboxylic acid groups (broad SMARTS) is 1. The molecule has 0 aliphatic heterocycles. The molecule has 0 saturated heterocycles. The Bertz CT molecular complexity index is 687. The second-order valence-electron chi connectivity index (χ2n) is 3.82. The number of carbonyl (C=O) groups is 1. The smallest absolute Gasteiger partial charge is 0.328 e. The van der Waals surface area contributed by atoms with Crippen molar-refractivity contribution in [3.63, 3.8) is 0 Å². The summed E-state index contributed by atoms with van der Waals surface area (Å²) < 4.78 is 15.2. The van der Waals surface area contributed by atoms with Crippen molar-refractivity contribution < 1.29 is 14.3 Å². The zero-order chi connectivity index (χ0) is 13.8. The van der Waals surface area contributed by atoms with E-state index < -0.39 is 11.8 Å². The zero-order valence-electron chi connectivity index (χ0n) is 9.75. The van der Waals surface area contributed by atoms with Gasteiger partial charge in [-0.05, 0) is 17.7 Å². The minimum absolute atomic E-state index is 0.144. The molecule has 0 unspecified atom stereocenters. The molecule has 98 valence electrons. The van der Waals surface area contributed by atoms with Gasteiger partial charge in [0.15, 0.2) is 0 Å². The van der Waals surface area contributed by atoms with Crippen molar-refractivity contribution in [2.45, 2.75) is 6.54 Å². The molecule has 0 aliphatic rings. The molecule has 1 N–H and O–H groups in total. The maximum atomic E-state index is 13.8. The van der Waals surface area contributed by atoms with Crippen molar-refractivity contribution in [3.05, 3.63) is 62.5 Å². The summed E-state index contributed by atoms with van der Waals surface area (Å²) in [4.78, 5) is 21.6. The maximum absolute atomic E-state index is 13.8. The summed E-state index contributed by atoms with van der Waals surface area (Å²) in [7, 11) is 0. The van der Waals surface area contributed by atoms with Gasteiger partial charge in [0.25, 0.3) is 0 Å². The summed E-state index contributed by atoms with van der Waals surface area (Å²) in [5.74, 6) is -1.56. The van der Waals surface area contributed by atoms with E-state index in [4.69, 9.17) is 5.11 Å². The number of hydrogen-bond acceptors (Lipinski definition) is 3. The van der Waals surface area contributed by atoms with Gasteiger partial charge in [0.05, 0.1) is 6.54 Å². The van der Waals surface area contributed by atoms with Crippen molar-refractivity contribution in [1.82, 2.24) is 4.57 Å². The molecular formula is C13H10FNO3S. The van der Waals surface area contributed by atoms with Crippen LogP contribution in [0, 0.1) is 5.82 Å². The van der Waals surface area contributed by atoms with Gasteiger partial charge in [0.1, 0.15) is 5.82 Å². The van der Waals surface area contributed by atoms with Crippen LogP contribution in [0.3, 0.4) is 0 Å². The zero-order valence-corrected chi connectivity index (χ0v) is 10.6. The molecule has 4 nitrogen and oxygen atoms in total. The summed E-state index contributed by atoms with van der Waals surface area (Å²) >= 11 is 1.05. The molecule has 1 aromatic heterocycles. The van der Waals surface area contributed by atoms with E-state index in [0.29, 0.717) is 11.1 Å². The lowest BCUT2D eigenvalue weighted by Crippen LogP contribution is -2.13. The summed E-state index contributed by atoms with van der Waals surface area (Å²) in [5.41, 5.74) is 0.842. The van der Waals surface area contributed by atoms with Crippen LogP contribution in [0.15, 0.2) is 40.6 Å². The van der Waals surface area contributed by atoms with E-state index in [1.165, 1.54) is 16.7 Å². The molecule has 19 heavy (non-hydrogen) atoms. The molecule has 0 radical (unpaired) electrons. The fourth-order valence-corrected chi connectivity index (χ4v) is 2.14. The van der Waals surface area contributed by atoms with Gasteiger partial charge in [0, 0.05) is 23.2 Å². The van der Waals surface area contributed by atoms with Crippen LogP contribution >= 0.6 is 11.3 Å². The van der Waals surface area contributed by atoms with Gasteiger partial charge in [-0.3, -0.25) is 4.79 Å². The highest BCUT2D eigenvalue weighted by Crippen LogP contribution is 2.13. The second-order valence-corrected chi connectivity index (χ2v) is 4.68. The van der Waals surface area contributed by atoms with Gasteiger partial charge in [-0.25, -0.2) is 9.18 Å². The molecule has 1 heterocycles. The van der Waals surface area contributed by atoms with Crippen LogP contribution in [-0.2, 0) is 11.3 Å². The predicted molar refractivity (Wildman–Crippen MR) is 70.8 cm³/mol. The Morgan fingerprint density at radius 2 is 2.26 bits per heavy atom. The Hall–Kier alpha value is -2.21. The lowest BCUT2D eigenvalue weighted by atomic mass is 10.1. The largest absolute Gasteiger partial charge is 0.478 e. The molecule has 6 heteroatoms. The van der Waals surface area contributed by atoms with Crippen LogP contribution in [0.25, 0.3) is 6.08 Å². The molecule has 0 atom stereocenters. The first-order valence-electron chi connectivity index (χ1n) is 5.39. The molecule has 0 amide bonds. The molecule has 0 spiro atoms. The van der Waals surface area contributed by atoms with Crippen molar-refractivity contribution in [2.24, 2.45) is 0 Å². The fraction of sp³-hybridized carbons (Fsp3) is 0.0769. The number of halogens is 1. The first-order valence-corrected chi connectivity index (χ1v) is 6.27. The Morgan fingerprint density at radius 3 is 2.84 bits per heavy atom. The average Bonchev–Trinajstić information content (AvgIpc) is 2.75. The summed E-state index contributed by atoms with van der Waals surface area (Å²) in [6.07, 6.45) is 3.86. The Labute approximate surface area is 112 Å². The number of benzene rings is 1. The molecule has 0 saturated carbocycles. The second kappa shape index (κ2) is 5.62. The number of thiazole rings is 1. The summed E-state index contributed by atoms with van der Waals surface area (Å²) in [5, 5.41) is 10.1. The third-order valence-electron chi connectivity index (χ3n) is 2.48. The highest BCUT2D eigenvalue weighted by atomic mass is 32.1. The molecule has 2 aromatic rings. The van der Waals surface area contributed by atoms with E-state index in [2.05, 4.69) is 0 Å². The van der Waals surface area contributed by atoms with Crippen LogP contribution in [0.1, 0.15) is 11.1 Å². The van der Waals surface area contributed by atoms with Crippen molar-refractivity contribution in [1.29, 1.82) is 0 Å². The van der Waals surface area contributed by atoms with E-state index in [1.807, 2.05) is 0 Å². The summed E-state index contributed by atoms with van der Waals surface area (Å²) in [6.45, 7) is 0.164. The van der Waals surface area contributed by atoms with Gasteiger partial charge in [0.2, 0.25) is 0 Å². The third kappa shape index (κ3) is 3.38. The lowest BCUT2D eigenvalue weighted by molar-refractivity contribution is -0.131. The van der Waals surface area contributed by atoms with Crippen LogP contribution in [0.4, 0.5) is 4.39 Å².